The second kappa shape index (κ2) is 11.5. The van der Waals surface area contributed by atoms with Crippen molar-refractivity contribution in [2.45, 2.75) is 19.5 Å². The standard InChI is InChI=1S/C31H27N3O5S/c1-20-8-3-4-9-21(20)18-34(27(35)19-33-25-11-6-5-10-24(25)29(36)31(33)38)28(26-12-7-17-40-26)30(37)32-22-13-15-23(39-2)16-14-22/h3-17,28H,18-19H2,1-2H3,(H,32,37). The van der Waals surface area contributed by atoms with Crippen LogP contribution in [-0.4, -0.2) is 42.1 Å². The van der Waals surface area contributed by atoms with Gasteiger partial charge in [0.25, 0.3) is 17.6 Å². The van der Waals surface area contributed by atoms with Crippen LogP contribution in [-0.2, 0) is 20.9 Å². The predicted molar refractivity (Wildman–Crippen MR) is 154 cm³/mol. The number of carbonyl (C=O) groups excluding carboxylic acids is 4. The largest absolute Gasteiger partial charge is 0.497 e. The summed E-state index contributed by atoms with van der Waals surface area (Å²) < 4.78 is 5.21. The maximum atomic E-state index is 14.1. The predicted octanol–water partition coefficient (Wildman–Crippen LogP) is 5.00. The summed E-state index contributed by atoms with van der Waals surface area (Å²) in [6, 6.07) is 23.8. The van der Waals surface area contributed by atoms with Crippen molar-refractivity contribution in [3.05, 3.63) is 112 Å². The van der Waals surface area contributed by atoms with Gasteiger partial charge in [-0.05, 0) is 65.9 Å². The fourth-order valence-electron chi connectivity index (χ4n) is 4.68. The number of para-hydroxylation sites is 1. The summed E-state index contributed by atoms with van der Waals surface area (Å²) in [5.74, 6) is -1.64. The lowest BCUT2D eigenvalue weighted by Crippen LogP contribution is -2.46. The number of Topliss-reactive ketones (excluding diaryl/α,β-unsaturated/α-hetero) is 1. The molecule has 0 saturated heterocycles. The summed E-state index contributed by atoms with van der Waals surface area (Å²) in [6.07, 6.45) is 0. The molecule has 0 bridgehead atoms. The fraction of sp³-hybridized carbons (Fsp3) is 0.161. The molecule has 1 N–H and O–H groups in total. The van der Waals surface area contributed by atoms with Crippen LogP contribution in [0.2, 0.25) is 0 Å². The minimum Gasteiger partial charge on any atom is -0.497 e. The number of nitrogens with zero attached hydrogens (tertiary/aromatic N) is 2. The summed E-state index contributed by atoms with van der Waals surface area (Å²) in [4.78, 5) is 56.8. The number of methoxy groups -OCH3 is 1. The van der Waals surface area contributed by atoms with Gasteiger partial charge < -0.3 is 15.0 Å². The molecule has 9 heteroatoms. The van der Waals surface area contributed by atoms with E-state index in [1.165, 1.54) is 21.1 Å². The molecule has 1 aliphatic heterocycles. The Labute approximate surface area is 235 Å². The van der Waals surface area contributed by atoms with E-state index in [-0.39, 0.29) is 18.7 Å². The van der Waals surface area contributed by atoms with Gasteiger partial charge in [0.2, 0.25) is 5.91 Å². The van der Waals surface area contributed by atoms with Crippen LogP contribution in [0.3, 0.4) is 0 Å². The highest BCUT2D eigenvalue weighted by molar-refractivity contribution is 7.10. The molecule has 8 nitrogen and oxygen atoms in total. The van der Waals surface area contributed by atoms with Crippen LogP contribution in [0.5, 0.6) is 5.75 Å². The van der Waals surface area contributed by atoms with Crippen LogP contribution in [0.4, 0.5) is 11.4 Å². The molecule has 1 aromatic heterocycles. The zero-order valence-electron chi connectivity index (χ0n) is 22.0. The first-order valence-electron chi connectivity index (χ1n) is 12.6. The van der Waals surface area contributed by atoms with E-state index in [1.807, 2.05) is 42.6 Å². The molecule has 3 amide bonds. The lowest BCUT2D eigenvalue weighted by Gasteiger charge is -2.32. The van der Waals surface area contributed by atoms with Gasteiger partial charge in [-0.1, -0.05) is 42.5 Å². The second-order valence-corrected chi connectivity index (χ2v) is 10.3. The number of amides is 3. The number of anilines is 2. The van der Waals surface area contributed by atoms with Gasteiger partial charge in [-0.25, -0.2) is 0 Å². The zero-order valence-corrected chi connectivity index (χ0v) is 22.8. The number of thiophene rings is 1. The first-order chi connectivity index (χ1) is 19.4. The Kier molecular flexibility index (Phi) is 7.75. The molecular weight excluding hydrogens is 526 g/mol. The van der Waals surface area contributed by atoms with E-state index in [9.17, 15) is 19.2 Å². The Bertz CT molecular complexity index is 1570. The van der Waals surface area contributed by atoms with E-state index in [0.29, 0.717) is 22.0 Å². The van der Waals surface area contributed by atoms with E-state index < -0.39 is 29.5 Å². The number of nitrogens with one attached hydrogen (secondary N) is 1. The van der Waals surface area contributed by atoms with Crippen molar-refractivity contribution in [3.63, 3.8) is 0 Å². The number of aryl methyl sites for hydroxylation is 1. The number of ketones is 1. The van der Waals surface area contributed by atoms with E-state index in [1.54, 1.807) is 61.7 Å². The quantitative estimate of drug-likeness (QED) is 0.294. The molecule has 40 heavy (non-hydrogen) atoms. The average Bonchev–Trinajstić information content (AvgIpc) is 3.58. The van der Waals surface area contributed by atoms with Crippen molar-refractivity contribution < 1.29 is 23.9 Å². The van der Waals surface area contributed by atoms with E-state index >= 15 is 0 Å². The van der Waals surface area contributed by atoms with Gasteiger partial charge >= 0.3 is 0 Å². The number of carbonyl (C=O) groups is 4. The summed E-state index contributed by atoms with van der Waals surface area (Å²) in [7, 11) is 1.56. The number of hydrogen-bond acceptors (Lipinski definition) is 6. The normalized spacial score (nSPS) is 13.1. The molecule has 3 aromatic carbocycles. The molecule has 0 saturated carbocycles. The van der Waals surface area contributed by atoms with E-state index in [4.69, 9.17) is 4.74 Å². The Morgan fingerprint density at radius 2 is 1.68 bits per heavy atom. The Morgan fingerprint density at radius 1 is 0.950 bits per heavy atom. The highest BCUT2D eigenvalue weighted by atomic mass is 32.1. The lowest BCUT2D eigenvalue weighted by molar-refractivity contribution is -0.138. The number of hydrogen-bond donors (Lipinski definition) is 1. The molecule has 5 rings (SSSR count). The topological polar surface area (TPSA) is 96.0 Å². The SMILES string of the molecule is COc1ccc(NC(=O)C(c2cccs2)N(Cc2ccccc2C)C(=O)CN2C(=O)C(=O)c3ccccc32)cc1. The monoisotopic (exact) mass is 553 g/mol. The van der Waals surface area contributed by atoms with Crippen molar-refractivity contribution in [3.8, 4) is 5.75 Å². The van der Waals surface area contributed by atoms with Crippen molar-refractivity contribution in [1.29, 1.82) is 0 Å². The summed E-state index contributed by atoms with van der Waals surface area (Å²) in [6.45, 7) is 1.68. The Morgan fingerprint density at radius 3 is 2.38 bits per heavy atom. The molecule has 1 atom stereocenters. The van der Waals surface area contributed by atoms with Gasteiger partial charge in [-0.3, -0.25) is 24.1 Å². The highest BCUT2D eigenvalue weighted by Gasteiger charge is 2.39. The fourth-order valence-corrected chi connectivity index (χ4v) is 5.52. The minimum absolute atomic E-state index is 0.127. The Balaban J connectivity index is 1.51. The van der Waals surface area contributed by atoms with Crippen LogP contribution in [0, 0.1) is 6.92 Å². The molecular formula is C31H27N3O5S. The zero-order chi connectivity index (χ0) is 28.2. The summed E-state index contributed by atoms with van der Waals surface area (Å²) >= 11 is 1.36. The van der Waals surface area contributed by atoms with Gasteiger partial charge in [0.1, 0.15) is 18.3 Å². The second-order valence-electron chi connectivity index (χ2n) is 9.32. The summed E-state index contributed by atoms with van der Waals surface area (Å²) in [5.41, 5.74) is 3.01. The maximum absolute atomic E-state index is 14.1. The molecule has 0 spiro atoms. The number of benzene rings is 3. The Hall–Kier alpha value is -4.76. The molecule has 0 radical (unpaired) electrons. The maximum Gasteiger partial charge on any atom is 0.299 e. The van der Waals surface area contributed by atoms with Crippen molar-refractivity contribution in [2.75, 3.05) is 23.9 Å². The highest BCUT2D eigenvalue weighted by Crippen LogP contribution is 2.32. The van der Waals surface area contributed by atoms with Crippen LogP contribution in [0.1, 0.15) is 32.4 Å². The lowest BCUT2D eigenvalue weighted by atomic mass is 10.1. The van der Waals surface area contributed by atoms with Crippen molar-refractivity contribution in [1.82, 2.24) is 4.90 Å². The third-order valence-electron chi connectivity index (χ3n) is 6.82. The molecule has 0 fully saturated rings. The molecule has 2 heterocycles. The van der Waals surface area contributed by atoms with Gasteiger partial charge in [0, 0.05) is 17.1 Å². The van der Waals surface area contributed by atoms with Gasteiger partial charge in [0.05, 0.1) is 18.4 Å². The number of fused-ring (bicyclic) bond motifs is 1. The van der Waals surface area contributed by atoms with Gasteiger partial charge in [0.15, 0.2) is 0 Å². The van der Waals surface area contributed by atoms with Crippen LogP contribution < -0.4 is 15.0 Å². The first-order valence-corrected chi connectivity index (χ1v) is 13.5. The van der Waals surface area contributed by atoms with E-state index in [0.717, 1.165) is 11.1 Å². The average molecular weight is 554 g/mol. The van der Waals surface area contributed by atoms with Gasteiger partial charge in [-0.15, -0.1) is 11.3 Å². The number of ether oxygens (including phenoxy) is 1. The molecule has 1 unspecified atom stereocenters. The third kappa shape index (κ3) is 5.37. The van der Waals surface area contributed by atoms with Crippen LogP contribution in [0.15, 0.2) is 90.3 Å². The number of rotatable bonds is 9. The van der Waals surface area contributed by atoms with E-state index in [2.05, 4.69) is 5.32 Å². The van der Waals surface area contributed by atoms with Crippen molar-refractivity contribution in [2.24, 2.45) is 0 Å². The first kappa shape index (κ1) is 26.8. The van der Waals surface area contributed by atoms with Gasteiger partial charge in [-0.2, -0.15) is 0 Å². The molecule has 202 valence electrons. The van der Waals surface area contributed by atoms with Crippen molar-refractivity contribution >= 4 is 46.2 Å². The minimum atomic E-state index is -0.988. The molecule has 1 aliphatic rings. The smallest absolute Gasteiger partial charge is 0.299 e. The molecule has 0 aliphatic carbocycles. The molecule has 4 aromatic rings. The summed E-state index contributed by atoms with van der Waals surface area (Å²) in [5, 5.41) is 4.77. The third-order valence-corrected chi connectivity index (χ3v) is 7.75. The van der Waals surface area contributed by atoms with Crippen LogP contribution >= 0.6 is 11.3 Å². The van der Waals surface area contributed by atoms with Crippen LogP contribution in [0.25, 0.3) is 0 Å².